The van der Waals surface area contributed by atoms with Crippen molar-refractivity contribution < 1.29 is 14.6 Å². The van der Waals surface area contributed by atoms with Crippen LogP contribution >= 0.6 is 0 Å². The van der Waals surface area contributed by atoms with Crippen molar-refractivity contribution in [1.29, 1.82) is 0 Å². The minimum Gasteiger partial charge on any atom is -0.484 e. The third-order valence-electron chi connectivity index (χ3n) is 2.14. The third kappa shape index (κ3) is 5.77. The van der Waals surface area contributed by atoms with Crippen LogP contribution in [-0.4, -0.2) is 30.8 Å². The van der Waals surface area contributed by atoms with E-state index in [4.69, 9.17) is 15.6 Å². The lowest BCUT2D eigenvalue weighted by Gasteiger charge is -2.07. The number of nitrogen functional groups attached to an aromatic ring is 1. The van der Waals surface area contributed by atoms with Gasteiger partial charge < -0.3 is 20.9 Å². The Morgan fingerprint density at radius 1 is 1.41 bits per heavy atom. The second-order valence-corrected chi connectivity index (χ2v) is 3.64. The summed E-state index contributed by atoms with van der Waals surface area (Å²) in [6.07, 6.45) is 1.46. The molecule has 94 valence electrons. The second-order valence-electron chi connectivity index (χ2n) is 3.64. The molecule has 0 heterocycles. The molecule has 0 radical (unpaired) electrons. The quantitative estimate of drug-likeness (QED) is 0.478. The Kier molecular flexibility index (Phi) is 5.88. The van der Waals surface area contributed by atoms with Crippen LogP contribution in [0.25, 0.3) is 0 Å². The van der Waals surface area contributed by atoms with Gasteiger partial charge in [0, 0.05) is 24.9 Å². The molecule has 0 unspecified atom stereocenters. The number of nitrogens with two attached hydrogens (primary N) is 1. The van der Waals surface area contributed by atoms with E-state index in [2.05, 4.69) is 5.32 Å². The Bertz CT molecular complexity index is 355. The van der Waals surface area contributed by atoms with Crippen LogP contribution in [0.4, 0.5) is 5.69 Å². The summed E-state index contributed by atoms with van der Waals surface area (Å²) in [5, 5.41) is 11.3. The van der Waals surface area contributed by atoms with E-state index in [0.717, 1.165) is 6.42 Å². The highest BCUT2D eigenvalue weighted by atomic mass is 16.5. The summed E-state index contributed by atoms with van der Waals surface area (Å²) in [7, 11) is 0. The SMILES string of the molecule is Nc1cccc(OCC(=O)NCCCCO)c1. The van der Waals surface area contributed by atoms with Gasteiger partial charge in [0.15, 0.2) is 6.61 Å². The number of rotatable bonds is 7. The lowest BCUT2D eigenvalue weighted by Crippen LogP contribution is -2.29. The average molecular weight is 238 g/mol. The number of aliphatic hydroxyl groups excluding tert-OH is 1. The van der Waals surface area contributed by atoms with E-state index in [1.807, 2.05) is 0 Å². The van der Waals surface area contributed by atoms with Gasteiger partial charge in [0.05, 0.1) is 0 Å². The molecule has 0 saturated heterocycles. The Labute approximate surface area is 101 Å². The van der Waals surface area contributed by atoms with Crippen LogP contribution in [0.3, 0.4) is 0 Å². The minimum atomic E-state index is -0.176. The smallest absolute Gasteiger partial charge is 0.257 e. The number of anilines is 1. The Hall–Kier alpha value is -1.75. The number of carbonyl (C=O) groups is 1. The molecule has 4 N–H and O–H groups in total. The molecule has 0 aliphatic rings. The maximum absolute atomic E-state index is 11.3. The number of hydrogen-bond acceptors (Lipinski definition) is 4. The number of ether oxygens (including phenoxy) is 1. The molecule has 1 rings (SSSR count). The zero-order valence-electron chi connectivity index (χ0n) is 9.69. The van der Waals surface area contributed by atoms with Gasteiger partial charge in [-0.25, -0.2) is 0 Å². The molecule has 0 fully saturated rings. The van der Waals surface area contributed by atoms with Crippen LogP contribution in [0, 0.1) is 0 Å². The minimum absolute atomic E-state index is 0.0252. The molecule has 0 aromatic heterocycles. The Morgan fingerprint density at radius 3 is 2.94 bits per heavy atom. The van der Waals surface area contributed by atoms with Gasteiger partial charge in [-0.2, -0.15) is 0 Å². The van der Waals surface area contributed by atoms with Gasteiger partial charge in [-0.05, 0) is 25.0 Å². The van der Waals surface area contributed by atoms with Crippen molar-refractivity contribution in [3.63, 3.8) is 0 Å². The first-order chi connectivity index (χ1) is 8.22. The fourth-order valence-corrected chi connectivity index (χ4v) is 1.27. The van der Waals surface area contributed by atoms with Crippen LogP contribution < -0.4 is 15.8 Å². The van der Waals surface area contributed by atoms with E-state index in [9.17, 15) is 4.79 Å². The molecule has 0 spiro atoms. The maximum Gasteiger partial charge on any atom is 0.257 e. The highest BCUT2D eigenvalue weighted by Gasteiger charge is 2.01. The van der Waals surface area contributed by atoms with Crippen LogP contribution in [0.15, 0.2) is 24.3 Å². The van der Waals surface area contributed by atoms with E-state index in [-0.39, 0.29) is 19.1 Å². The van der Waals surface area contributed by atoms with Crippen LogP contribution in [0.5, 0.6) is 5.75 Å². The predicted octanol–water partition coefficient (Wildman–Crippen LogP) is 0.536. The number of carbonyl (C=O) groups excluding carboxylic acids is 1. The van der Waals surface area contributed by atoms with Crippen LogP contribution in [-0.2, 0) is 4.79 Å². The zero-order valence-corrected chi connectivity index (χ0v) is 9.69. The molecule has 0 aliphatic heterocycles. The standard InChI is InChI=1S/C12H18N2O3/c13-10-4-3-5-11(8-10)17-9-12(16)14-6-1-2-7-15/h3-5,8,15H,1-2,6-7,9,13H2,(H,14,16). The molecule has 17 heavy (non-hydrogen) atoms. The van der Waals surface area contributed by atoms with Gasteiger partial charge in [0.1, 0.15) is 5.75 Å². The molecule has 0 aliphatic carbocycles. The van der Waals surface area contributed by atoms with Crippen molar-refractivity contribution in [2.24, 2.45) is 0 Å². The van der Waals surface area contributed by atoms with Gasteiger partial charge in [-0.3, -0.25) is 4.79 Å². The Balaban J connectivity index is 2.19. The zero-order chi connectivity index (χ0) is 12.5. The summed E-state index contributed by atoms with van der Waals surface area (Å²) in [6.45, 7) is 0.678. The number of aliphatic hydroxyl groups is 1. The van der Waals surface area contributed by atoms with Crippen LogP contribution in [0.1, 0.15) is 12.8 Å². The second kappa shape index (κ2) is 7.51. The average Bonchev–Trinajstić information content (AvgIpc) is 2.32. The number of hydrogen-bond donors (Lipinski definition) is 3. The lowest BCUT2D eigenvalue weighted by atomic mass is 10.3. The maximum atomic E-state index is 11.3. The third-order valence-corrected chi connectivity index (χ3v) is 2.14. The fourth-order valence-electron chi connectivity index (χ4n) is 1.27. The lowest BCUT2D eigenvalue weighted by molar-refractivity contribution is -0.123. The fraction of sp³-hybridized carbons (Fsp3) is 0.417. The molecule has 1 amide bonds. The van der Waals surface area contributed by atoms with Gasteiger partial charge >= 0.3 is 0 Å². The topological polar surface area (TPSA) is 84.6 Å². The van der Waals surface area contributed by atoms with Crippen molar-refractivity contribution in [3.8, 4) is 5.75 Å². The summed E-state index contributed by atoms with van der Waals surface area (Å²) >= 11 is 0. The van der Waals surface area contributed by atoms with Crippen molar-refractivity contribution in [3.05, 3.63) is 24.3 Å². The monoisotopic (exact) mass is 238 g/mol. The predicted molar refractivity (Wildman–Crippen MR) is 65.7 cm³/mol. The van der Waals surface area contributed by atoms with Gasteiger partial charge in [-0.15, -0.1) is 0 Å². The van der Waals surface area contributed by atoms with E-state index < -0.39 is 0 Å². The summed E-state index contributed by atoms with van der Waals surface area (Å²) in [5.41, 5.74) is 6.18. The molecule has 5 nitrogen and oxygen atoms in total. The van der Waals surface area contributed by atoms with Crippen LogP contribution in [0.2, 0.25) is 0 Å². The van der Waals surface area contributed by atoms with E-state index in [1.165, 1.54) is 0 Å². The molecular formula is C12H18N2O3. The summed E-state index contributed by atoms with van der Waals surface area (Å²) in [5.74, 6) is 0.404. The summed E-state index contributed by atoms with van der Waals surface area (Å²) < 4.78 is 5.26. The highest BCUT2D eigenvalue weighted by Crippen LogP contribution is 2.13. The first-order valence-electron chi connectivity index (χ1n) is 5.58. The van der Waals surface area contributed by atoms with Crippen molar-refractivity contribution in [1.82, 2.24) is 5.32 Å². The molecule has 0 saturated carbocycles. The van der Waals surface area contributed by atoms with E-state index >= 15 is 0 Å². The molecule has 0 bridgehead atoms. The van der Waals surface area contributed by atoms with Crippen molar-refractivity contribution in [2.45, 2.75) is 12.8 Å². The van der Waals surface area contributed by atoms with Gasteiger partial charge in [-0.1, -0.05) is 6.07 Å². The van der Waals surface area contributed by atoms with Gasteiger partial charge in [0.25, 0.3) is 5.91 Å². The molecular weight excluding hydrogens is 220 g/mol. The van der Waals surface area contributed by atoms with E-state index in [0.29, 0.717) is 24.4 Å². The number of nitrogens with one attached hydrogen (secondary N) is 1. The number of amides is 1. The Morgan fingerprint density at radius 2 is 2.24 bits per heavy atom. The molecule has 0 atom stereocenters. The number of benzene rings is 1. The molecule has 1 aromatic rings. The normalized spacial score (nSPS) is 9.94. The first kappa shape index (κ1) is 13.3. The summed E-state index contributed by atoms with van der Waals surface area (Å²) in [4.78, 5) is 11.3. The highest BCUT2D eigenvalue weighted by molar-refractivity contribution is 5.77. The molecule has 5 heteroatoms. The summed E-state index contributed by atoms with van der Waals surface area (Å²) in [6, 6.07) is 6.93. The van der Waals surface area contributed by atoms with Crippen molar-refractivity contribution >= 4 is 11.6 Å². The molecule has 1 aromatic carbocycles. The van der Waals surface area contributed by atoms with Gasteiger partial charge in [0.2, 0.25) is 0 Å². The first-order valence-corrected chi connectivity index (χ1v) is 5.58. The largest absolute Gasteiger partial charge is 0.484 e. The number of unbranched alkanes of at least 4 members (excludes halogenated alkanes) is 1. The van der Waals surface area contributed by atoms with E-state index in [1.54, 1.807) is 24.3 Å². The van der Waals surface area contributed by atoms with Crippen molar-refractivity contribution in [2.75, 3.05) is 25.5 Å².